The van der Waals surface area contributed by atoms with Crippen LogP contribution in [0.4, 0.5) is 4.39 Å². The molecule has 0 aliphatic rings. The maximum atomic E-state index is 14.0. The van der Waals surface area contributed by atoms with Crippen LogP contribution >= 0.6 is 11.6 Å². The van der Waals surface area contributed by atoms with Gasteiger partial charge in [-0.25, -0.2) is 14.8 Å². The number of amides is 1. The van der Waals surface area contributed by atoms with Gasteiger partial charge in [0.15, 0.2) is 11.5 Å². The SMILES string of the molecule is COc1cc(/C=N/NC(=O)c2cc(-c3ccccc3)nc3ccccc23)cc(Cl)c1OCc1ccccc1F. The number of methoxy groups -OCH3 is 1. The molecule has 6 nitrogen and oxygen atoms in total. The quantitative estimate of drug-likeness (QED) is 0.169. The number of hydrogen-bond donors (Lipinski definition) is 1. The molecule has 5 aromatic rings. The first-order valence-corrected chi connectivity index (χ1v) is 12.4. The van der Waals surface area contributed by atoms with Crippen LogP contribution in [0.5, 0.6) is 11.5 Å². The average Bonchev–Trinajstić information content (AvgIpc) is 2.97. The smallest absolute Gasteiger partial charge is 0.272 e. The zero-order valence-electron chi connectivity index (χ0n) is 20.9. The van der Waals surface area contributed by atoms with Crippen LogP contribution in [0.1, 0.15) is 21.5 Å². The summed E-state index contributed by atoms with van der Waals surface area (Å²) in [5.74, 6) is -0.130. The second kappa shape index (κ2) is 11.8. The van der Waals surface area contributed by atoms with E-state index in [1.54, 1.807) is 36.4 Å². The van der Waals surface area contributed by atoms with E-state index in [0.717, 1.165) is 5.56 Å². The normalized spacial score (nSPS) is 11.1. The second-order valence-corrected chi connectivity index (χ2v) is 8.96. The minimum atomic E-state index is -0.384. The highest BCUT2D eigenvalue weighted by Gasteiger charge is 2.15. The topological polar surface area (TPSA) is 72.8 Å². The number of hydrazone groups is 1. The van der Waals surface area contributed by atoms with Crippen LogP contribution < -0.4 is 14.9 Å². The molecule has 1 aromatic heterocycles. The molecule has 0 aliphatic carbocycles. The number of nitrogens with one attached hydrogen (secondary N) is 1. The van der Waals surface area contributed by atoms with Gasteiger partial charge in [-0.15, -0.1) is 0 Å². The maximum absolute atomic E-state index is 14.0. The highest BCUT2D eigenvalue weighted by molar-refractivity contribution is 6.32. The zero-order valence-corrected chi connectivity index (χ0v) is 21.7. The summed E-state index contributed by atoms with van der Waals surface area (Å²) in [6, 6.07) is 28.5. The number of carbonyl (C=O) groups excluding carboxylic acids is 1. The number of pyridine rings is 1. The van der Waals surface area contributed by atoms with E-state index in [-0.39, 0.29) is 29.1 Å². The van der Waals surface area contributed by atoms with Gasteiger partial charge in [-0.05, 0) is 35.9 Å². The number of ether oxygens (including phenoxy) is 2. The number of benzene rings is 4. The summed E-state index contributed by atoms with van der Waals surface area (Å²) in [6.07, 6.45) is 1.45. The van der Waals surface area contributed by atoms with Crippen molar-refractivity contribution < 1.29 is 18.7 Å². The monoisotopic (exact) mass is 539 g/mol. The van der Waals surface area contributed by atoms with Crippen molar-refractivity contribution in [2.45, 2.75) is 6.61 Å². The fourth-order valence-corrected chi connectivity index (χ4v) is 4.34. The Balaban J connectivity index is 1.35. The predicted octanol–water partition coefficient (Wildman–Crippen LogP) is 7.05. The van der Waals surface area contributed by atoms with E-state index in [9.17, 15) is 9.18 Å². The van der Waals surface area contributed by atoms with Gasteiger partial charge in [0.2, 0.25) is 0 Å². The molecule has 0 radical (unpaired) electrons. The summed E-state index contributed by atoms with van der Waals surface area (Å²) in [5, 5.41) is 5.10. The Hall–Kier alpha value is -4.75. The third-order valence-corrected chi connectivity index (χ3v) is 6.27. The van der Waals surface area contributed by atoms with Crippen LogP contribution in [0.15, 0.2) is 102 Å². The standard InChI is InChI=1S/C31H23ClFN3O3/c1-38-29-16-20(15-25(32)30(29)39-19-22-11-5-7-13-26(22)33)18-34-36-31(37)24-17-28(21-9-3-2-4-10-21)35-27-14-8-6-12-23(24)27/h2-18H,19H2,1H3,(H,36,37)/b34-18+. The Morgan fingerprint density at radius 3 is 2.54 bits per heavy atom. The number of fused-ring (bicyclic) bond motifs is 1. The molecular formula is C31H23ClFN3O3. The number of para-hydroxylation sites is 1. The molecule has 194 valence electrons. The molecule has 0 unspecified atom stereocenters. The van der Waals surface area contributed by atoms with E-state index in [4.69, 9.17) is 26.1 Å². The Kier molecular flexibility index (Phi) is 7.80. The third kappa shape index (κ3) is 5.89. The summed E-state index contributed by atoms with van der Waals surface area (Å²) in [7, 11) is 1.48. The number of aromatic nitrogens is 1. The van der Waals surface area contributed by atoms with Crippen molar-refractivity contribution in [2.75, 3.05) is 7.11 Å². The summed E-state index contributed by atoms with van der Waals surface area (Å²) in [6.45, 7) is -0.0168. The molecule has 0 saturated heterocycles. The molecule has 0 saturated carbocycles. The van der Waals surface area contributed by atoms with Gasteiger partial charge in [0.1, 0.15) is 12.4 Å². The molecule has 0 atom stereocenters. The molecule has 8 heteroatoms. The Morgan fingerprint density at radius 1 is 1.00 bits per heavy atom. The highest BCUT2D eigenvalue weighted by Crippen LogP contribution is 2.36. The lowest BCUT2D eigenvalue weighted by molar-refractivity contribution is 0.0956. The Labute approximate surface area is 229 Å². The van der Waals surface area contributed by atoms with E-state index < -0.39 is 0 Å². The van der Waals surface area contributed by atoms with Gasteiger partial charge in [-0.2, -0.15) is 5.10 Å². The van der Waals surface area contributed by atoms with Gasteiger partial charge < -0.3 is 9.47 Å². The van der Waals surface area contributed by atoms with E-state index in [0.29, 0.717) is 39.0 Å². The molecule has 0 fully saturated rings. The number of rotatable bonds is 8. The fraction of sp³-hybridized carbons (Fsp3) is 0.0645. The molecular weight excluding hydrogens is 517 g/mol. The van der Waals surface area contributed by atoms with Gasteiger partial charge in [0, 0.05) is 16.5 Å². The number of nitrogens with zero attached hydrogens (tertiary/aromatic N) is 2. The molecule has 1 N–H and O–H groups in total. The van der Waals surface area contributed by atoms with E-state index >= 15 is 0 Å². The molecule has 0 bridgehead atoms. The number of hydrogen-bond acceptors (Lipinski definition) is 5. The summed E-state index contributed by atoms with van der Waals surface area (Å²) < 4.78 is 25.1. The lowest BCUT2D eigenvalue weighted by Crippen LogP contribution is -2.18. The van der Waals surface area contributed by atoms with Gasteiger partial charge in [0.05, 0.1) is 35.1 Å². The van der Waals surface area contributed by atoms with Crippen LogP contribution in [0.3, 0.4) is 0 Å². The predicted molar refractivity (Wildman–Crippen MR) is 151 cm³/mol. The first-order chi connectivity index (χ1) is 19.0. The third-order valence-electron chi connectivity index (χ3n) is 5.99. The van der Waals surface area contributed by atoms with Gasteiger partial charge in [0.25, 0.3) is 5.91 Å². The molecule has 1 heterocycles. The van der Waals surface area contributed by atoms with Crippen molar-refractivity contribution in [2.24, 2.45) is 5.10 Å². The highest BCUT2D eigenvalue weighted by atomic mass is 35.5. The summed E-state index contributed by atoms with van der Waals surface area (Å²) >= 11 is 6.44. The maximum Gasteiger partial charge on any atom is 0.272 e. The Bertz CT molecular complexity index is 1680. The van der Waals surface area contributed by atoms with Crippen molar-refractivity contribution >= 4 is 34.6 Å². The minimum Gasteiger partial charge on any atom is -0.493 e. The van der Waals surface area contributed by atoms with Crippen LogP contribution in [0, 0.1) is 5.82 Å². The lowest BCUT2D eigenvalue weighted by atomic mass is 10.0. The first-order valence-electron chi connectivity index (χ1n) is 12.1. The van der Waals surface area contributed by atoms with Crippen molar-refractivity contribution in [3.05, 3.63) is 125 Å². The van der Waals surface area contributed by atoms with Crippen LogP contribution in [0.2, 0.25) is 5.02 Å². The van der Waals surface area contributed by atoms with Crippen LogP contribution in [-0.4, -0.2) is 24.2 Å². The summed E-state index contributed by atoms with van der Waals surface area (Å²) in [5.41, 5.74) is 6.29. The van der Waals surface area contributed by atoms with Crippen molar-refractivity contribution in [1.29, 1.82) is 0 Å². The van der Waals surface area contributed by atoms with E-state index in [1.807, 2.05) is 54.6 Å². The average molecular weight is 540 g/mol. The van der Waals surface area contributed by atoms with Gasteiger partial charge in [-0.1, -0.05) is 78.3 Å². The molecule has 4 aromatic carbocycles. The summed E-state index contributed by atoms with van der Waals surface area (Å²) in [4.78, 5) is 17.9. The molecule has 5 rings (SSSR count). The van der Waals surface area contributed by atoms with Crippen LogP contribution in [-0.2, 0) is 6.61 Å². The van der Waals surface area contributed by atoms with Crippen molar-refractivity contribution in [1.82, 2.24) is 10.4 Å². The van der Waals surface area contributed by atoms with Gasteiger partial charge in [-0.3, -0.25) is 4.79 Å². The molecule has 39 heavy (non-hydrogen) atoms. The molecule has 0 spiro atoms. The lowest BCUT2D eigenvalue weighted by Gasteiger charge is -2.13. The van der Waals surface area contributed by atoms with E-state index in [2.05, 4.69) is 10.5 Å². The largest absolute Gasteiger partial charge is 0.493 e. The Morgan fingerprint density at radius 2 is 1.74 bits per heavy atom. The van der Waals surface area contributed by atoms with Crippen molar-refractivity contribution in [3.63, 3.8) is 0 Å². The molecule has 0 aliphatic heterocycles. The number of halogens is 2. The van der Waals surface area contributed by atoms with Crippen LogP contribution in [0.25, 0.3) is 22.2 Å². The van der Waals surface area contributed by atoms with Gasteiger partial charge >= 0.3 is 0 Å². The second-order valence-electron chi connectivity index (χ2n) is 8.55. The first kappa shape index (κ1) is 25.9. The van der Waals surface area contributed by atoms with Crippen molar-refractivity contribution in [3.8, 4) is 22.8 Å². The minimum absolute atomic E-state index is 0.0168. The zero-order chi connectivity index (χ0) is 27.2. The van der Waals surface area contributed by atoms with E-state index in [1.165, 1.54) is 19.4 Å². The molecule has 1 amide bonds. The number of carbonyl (C=O) groups is 1. The fourth-order valence-electron chi connectivity index (χ4n) is 4.07.